The molecule has 1 aromatic heterocycles. The van der Waals surface area contributed by atoms with Gasteiger partial charge in [0.15, 0.2) is 0 Å². The molecule has 0 radical (unpaired) electrons. The fraction of sp³-hybridized carbons (Fsp3) is 0.0909. The molecule has 3 aromatic carbocycles. The van der Waals surface area contributed by atoms with Gasteiger partial charge in [-0.2, -0.15) is 4.98 Å². The van der Waals surface area contributed by atoms with Crippen molar-refractivity contribution in [3.63, 3.8) is 0 Å². The smallest absolute Gasteiger partial charge is 0.228 e. The largest absolute Gasteiger partial charge is 0.383 e. The summed E-state index contributed by atoms with van der Waals surface area (Å²) >= 11 is 12.1. The summed E-state index contributed by atoms with van der Waals surface area (Å²) in [7, 11) is 0. The molecule has 0 amide bonds. The first kappa shape index (κ1) is 18.5. The van der Waals surface area contributed by atoms with Gasteiger partial charge < -0.3 is 10.6 Å². The predicted molar refractivity (Wildman–Crippen MR) is 117 cm³/mol. The number of para-hydroxylation sites is 1. The zero-order valence-electron chi connectivity index (χ0n) is 15.0. The van der Waals surface area contributed by atoms with E-state index in [1.165, 1.54) is 0 Å². The minimum atomic E-state index is 0.470. The SMILES string of the molecule is Nc1nc(N(Cc2ccc(Cl)cc2)Cc2ccc(Cl)cc2)nc2ccccc12. The van der Waals surface area contributed by atoms with Gasteiger partial charge in [0.05, 0.1) is 5.52 Å². The van der Waals surface area contributed by atoms with Crippen molar-refractivity contribution in [3.05, 3.63) is 94.0 Å². The lowest BCUT2D eigenvalue weighted by molar-refractivity contribution is 0.768. The number of hydrogen-bond donors (Lipinski definition) is 1. The maximum atomic E-state index is 6.21. The number of halogens is 2. The zero-order valence-corrected chi connectivity index (χ0v) is 16.5. The predicted octanol–water partition coefficient (Wildman–Crippen LogP) is 5.73. The van der Waals surface area contributed by atoms with Crippen LogP contribution < -0.4 is 10.6 Å². The number of hydrogen-bond acceptors (Lipinski definition) is 4. The Hall–Kier alpha value is -2.82. The molecule has 0 saturated heterocycles. The van der Waals surface area contributed by atoms with E-state index in [2.05, 4.69) is 9.88 Å². The van der Waals surface area contributed by atoms with Gasteiger partial charge in [-0.05, 0) is 47.5 Å². The molecular formula is C22H18Cl2N4. The minimum absolute atomic E-state index is 0.470. The molecule has 6 heteroatoms. The summed E-state index contributed by atoms with van der Waals surface area (Å²) in [6.45, 7) is 1.25. The molecule has 140 valence electrons. The number of nitrogens with zero attached hydrogens (tertiary/aromatic N) is 3. The Morgan fingerprint density at radius 1 is 0.714 bits per heavy atom. The molecule has 0 spiro atoms. The molecule has 2 N–H and O–H groups in total. The van der Waals surface area contributed by atoms with Crippen molar-refractivity contribution in [1.82, 2.24) is 9.97 Å². The number of rotatable bonds is 5. The summed E-state index contributed by atoms with van der Waals surface area (Å²) < 4.78 is 0. The first-order valence-corrected chi connectivity index (χ1v) is 9.60. The Labute approximate surface area is 173 Å². The van der Waals surface area contributed by atoms with Crippen LogP contribution in [0.4, 0.5) is 11.8 Å². The van der Waals surface area contributed by atoms with Crippen molar-refractivity contribution in [2.24, 2.45) is 0 Å². The highest BCUT2D eigenvalue weighted by Crippen LogP contribution is 2.24. The third kappa shape index (κ3) is 4.19. The van der Waals surface area contributed by atoms with Crippen molar-refractivity contribution in [2.75, 3.05) is 10.6 Å². The van der Waals surface area contributed by atoms with Crippen LogP contribution in [-0.2, 0) is 13.1 Å². The van der Waals surface area contributed by atoms with Gasteiger partial charge in [0.1, 0.15) is 5.82 Å². The Kier molecular flexibility index (Phi) is 5.33. The second-order valence-electron chi connectivity index (χ2n) is 6.53. The molecule has 4 aromatic rings. The quantitative estimate of drug-likeness (QED) is 0.458. The highest BCUT2D eigenvalue weighted by Gasteiger charge is 2.14. The number of nitrogens with two attached hydrogens (primary N) is 1. The first-order valence-electron chi connectivity index (χ1n) is 8.84. The van der Waals surface area contributed by atoms with E-state index in [1.807, 2.05) is 72.8 Å². The van der Waals surface area contributed by atoms with Gasteiger partial charge in [-0.25, -0.2) is 4.98 Å². The van der Waals surface area contributed by atoms with Crippen molar-refractivity contribution in [3.8, 4) is 0 Å². The molecule has 0 saturated carbocycles. The number of nitrogen functional groups attached to an aromatic ring is 1. The van der Waals surface area contributed by atoms with Gasteiger partial charge in [-0.3, -0.25) is 0 Å². The molecule has 0 atom stereocenters. The number of fused-ring (bicyclic) bond motifs is 1. The molecule has 4 nitrogen and oxygen atoms in total. The second-order valence-corrected chi connectivity index (χ2v) is 7.41. The van der Waals surface area contributed by atoms with Crippen molar-refractivity contribution in [1.29, 1.82) is 0 Å². The Balaban J connectivity index is 1.73. The van der Waals surface area contributed by atoms with Gasteiger partial charge in [-0.1, -0.05) is 59.6 Å². The molecule has 0 aliphatic rings. The summed E-state index contributed by atoms with van der Waals surface area (Å²) in [5.74, 6) is 1.05. The zero-order chi connectivity index (χ0) is 19.5. The van der Waals surface area contributed by atoms with Crippen LogP contribution in [0.15, 0.2) is 72.8 Å². The molecule has 0 aliphatic heterocycles. The van der Waals surface area contributed by atoms with Gasteiger partial charge in [0, 0.05) is 28.5 Å². The topological polar surface area (TPSA) is 55.0 Å². The van der Waals surface area contributed by atoms with E-state index in [9.17, 15) is 0 Å². The van der Waals surface area contributed by atoms with E-state index in [0.717, 1.165) is 22.0 Å². The lowest BCUT2D eigenvalue weighted by Gasteiger charge is -2.24. The van der Waals surface area contributed by atoms with Crippen LogP contribution in [0, 0.1) is 0 Å². The van der Waals surface area contributed by atoms with Crippen LogP contribution in [0.5, 0.6) is 0 Å². The fourth-order valence-corrected chi connectivity index (χ4v) is 3.30. The van der Waals surface area contributed by atoms with Crippen molar-refractivity contribution >= 4 is 45.9 Å². The molecule has 0 fully saturated rings. The Bertz CT molecular complexity index is 1050. The molecular weight excluding hydrogens is 391 g/mol. The highest BCUT2D eigenvalue weighted by atomic mass is 35.5. The molecule has 0 aliphatic carbocycles. The standard InChI is InChI=1S/C22H18Cl2N4/c23-17-9-5-15(6-10-17)13-28(14-16-7-11-18(24)12-8-16)22-26-20-4-2-1-3-19(20)21(25)27-22/h1-12H,13-14H2,(H2,25,26,27). The van der Waals surface area contributed by atoms with Gasteiger partial charge in [0.25, 0.3) is 0 Å². The van der Waals surface area contributed by atoms with Crippen LogP contribution in [0.3, 0.4) is 0 Å². The summed E-state index contributed by atoms with van der Waals surface area (Å²) in [6.07, 6.45) is 0. The summed E-state index contributed by atoms with van der Waals surface area (Å²) in [6, 6.07) is 23.3. The van der Waals surface area contributed by atoms with E-state index >= 15 is 0 Å². The Morgan fingerprint density at radius 2 is 1.25 bits per heavy atom. The molecule has 0 unspecified atom stereocenters. The maximum absolute atomic E-state index is 6.21. The number of anilines is 2. The average Bonchev–Trinajstić information content (AvgIpc) is 2.71. The monoisotopic (exact) mass is 408 g/mol. The van der Waals surface area contributed by atoms with E-state index < -0.39 is 0 Å². The van der Waals surface area contributed by atoms with E-state index in [-0.39, 0.29) is 0 Å². The highest BCUT2D eigenvalue weighted by molar-refractivity contribution is 6.30. The normalized spacial score (nSPS) is 10.9. The molecule has 4 rings (SSSR count). The van der Waals surface area contributed by atoms with Crippen molar-refractivity contribution < 1.29 is 0 Å². The summed E-state index contributed by atoms with van der Waals surface area (Å²) in [5.41, 5.74) is 9.24. The van der Waals surface area contributed by atoms with Gasteiger partial charge >= 0.3 is 0 Å². The molecule has 1 heterocycles. The fourth-order valence-electron chi connectivity index (χ4n) is 3.05. The van der Waals surface area contributed by atoms with Crippen LogP contribution in [-0.4, -0.2) is 9.97 Å². The van der Waals surface area contributed by atoms with E-state index in [1.54, 1.807) is 0 Å². The summed E-state index contributed by atoms with van der Waals surface area (Å²) in [5, 5.41) is 2.27. The minimum Gasteiger partial charge on any atom is -0.383 e. The van der Waals surface area contributed by atoms with Crippen LogP contribution >= 0.6 is 23.2 Å². The first-order chi connectivity index (χ1) is 13.6. The third-order valence-electron chi connectivity index (χ3n) is 4.48. The Morgan fingerprint density at radius 3 is 1.82 bits per heavy atom. The van der Waals surface area contributed by atoms with Crippen LogP contribution in [0.1, 0.15) is 11.1 Å². The summed E-state index contributed by atoms with van der Waals surface area (Å²) in [4.78, 5) is 11.4. The van der Waals surface area contributed by atoms with Gasteiger partial charge in [-0.15, -0.1) is 0 Å². The van der Waals surface area contributed by atoms with Crippen molar-refractivity contribution in [2.45, 2.75) is 13.1 Å². The van der Waals surface area contributed by atoms with Gasteiger partial charge in [0.2, 0.25) is 5.95 Å². The van der Waals surface area contributed by atoms with E-state index in [0.29, 0.717) is 34.9 Å². The second kappa shape index (κ2) is 8.05. The van der Waals surface area contributed by atoms with Crippen LogP contribution in [0.2, 0.25) is 10.0 Å². The van der Waals surface area contributed by atoms with E-state index in [4.69, 9.17) is 33.9 Å². The van der Waals surface area contributed by atoms with Crippen LogP contribution in [0.25, 0.3) is 10.9 Å². The lowest BCUT2D eigenvalue weighted by Crippen LogP contribution is -2.24. The average molecular weight is 409 g/mol. The number of benzene rings is 3. The lowest BCUT2D eigenvalue weighted by atomic mass is 10.1. The third-order valence-corrected chi connectivity index (χ3v) is 4.98. The molecule has 28 heavy (non-hydrogen) atoms. The maximum Gasteiger partial charge on any atom is 0.228 e. The number of aromatic nitrogens is 2. The molecule has 0 bridgehead atoms.